The summed E-state index contributed by atoms with van der Waals surface area (Å²) in [4.78, 5) is 15.1. The Bertz CT molecular complexity index is 441. The molecule has 1 aromatic rings. The maximum absolute atomic E-state index is 12.8. The number of rotatable bonds is 5. The third kappa shape index (κ3) is 3.58. The van der Waals surface area contributed by atoms with Gasteiger partial charge in [-0.1, -0.05) is 0 Å². The van der Waals surface area contributed by atoms with Crippen LogP contribution in [0.25, 0.3) is 0 Å². The molecule has 0 spiro atoms. The van der Waals surface area contributed by atoms with Crippen LogP contribution in [0, 0.1) is 3.57 Å². The minimum Gasteiger partial charge on any atom is -0.466 e. The van der Waals surface area contributed by atoms with Crippen molar-refractivity contribution in [1.29, 1.82) is 0 Å². The van der Waals surface area contributed by atoms with Crippen molar-refractivity contribution >= 4 is 28.6 Å². The molecule has 0 radical (unpaired) electrons. The summed E-state index contributed by atoms with van der Waals surface area (Å²) >= 11 is 1.94. The molecular weight excluding hydrogens is 357 g/mol. The standard InChI is InChI=1S/C11H13F2IN2O2/c1-2-18-9(17)3-6-7(4-15)10(11(12)13)16-5-8(6)14/h5,11H,2-4,15H2,1H3. The van der Waals surface area contributed by atoms with E-state index in [-0.39, 0.29) is 30.8 Å². The fourth-order valence-corrected chi connectivity index (χ4v) is 2.20. The third-order valence-electron chi connectivity index (χ3n) is 2.32. The fraction of sp³-hybridized carbons (Fsp3) is 0.455. The highest BCUT2D eigenvalue weighted by Crippen LogP contribution is 2.26. The van der Waals surface area contributed by atoms with E-state index in [9.17, 15) is 13.6 Å². The van der Waals surface area contributed by atoms with Crippen LogP contribution in [0.5, 0.6) is 0 Å². The molecule has 1 aromatic heterocycles. The Morgan fingerprint density at radius 3 is 2.72 bits per heavy atom. The van der Waals surface area contributed by atoms with E-state index < -0.39 is 12.4 Å². The van der Waals surface area contributed by atoms with Crippen molar-refractivity contribution in [3.63, 3.8) is 0 Å². The first-order valence-electron chi connectivity index (χ1n) is 5.31. The molecule has 1 heterocycles. The molecule has 0 aliphatic heterocycles. The van der Waals surface area contributed by atoms with Gasteiger partial charge in [-0.25, -0.2) is 8.78 Å². The number of nitrogens with two attached hydrogens (primary N) is 1. The summed E-state index contributed by atoms with van der Waals surface area (Å²) < 4.78 is 31.0. The lowest BCUT2D eigenvalue weighted by atomic mass is 10.0. The summed E-state index contributed by atoms with van der Waals surface area (Å²) in [6, 6.07) is 0. The maximum Gasteiger partial charge on any atom is 0.310 e. The SMILES string of the molecule is CCOC(=O)Cc1c(I)cnc(C(F)F)c1CN. The van der Waals surface area contributed by atoms with Crippen LogP contribution in [0.1, 0.15) is 30.2 Å². The van der Waals surface area contributed by atoms with Gasteiger partial charge in [0.25, 0.3) is 6.43 Å². The van der Waals surface area contributed by atoms with Gasteiger partial charge in [0.2, 0.25) is 0 Å². The average molecular weight is 370 g/mol. The summed E-state index contributed by atoms with van der Waals surface area (Å²) in [6.45, 7) is 1.85. The summed E-state index contributed by atoms with van der Waals surface area (Å²) in [5, 5.41) is 0. The predicted molar refractivity (Wildman–Crippen MR) is 70.1 cm³/mol. The number of hydrogen-bond donors (Lipinski definition) is 1. The minimum absolute atomic E-state index is 0.0686. The Morgan fingerprint density at radius 2 is 2.22 bits per heavy atom. The molecule has 1 rings (SSSR count). The lowest BCUT2D eigenvalue weighted by molar-refractivity contribution is -0.142. The van der Waals surface area contributed by atoms with Crippen molar-refractivity contribution in [3.05, 3.63) is 26.6 Å². The molecule has 0 aliphatic rings. The van der Waals surface area contributed by atoms with Gasteiger partial charge in [0.15, 0.2) is 0 Å². The smallest absolute Gasteiger partial charge is 0.310 e. The molecule has 0 saturated carbocycles. The first-order chi connectivity index (χ1) is 8.51. The monoisotopic (exact) mass is 370 g/mol. The van der Waals surface area contributed by atoms with E-state index in [2.05, 4.69) is 4.98 Å². The highest BCUT2D eigenvalue weighted by atomic mass is 127. The number of esters is 1. The topological polar surface area (TPSA) is 65.2 Å². The summed E-state index contributed by atoms with van der Waals surface area (Å²) in [6.07, 6.45) is -1.46. The van der Waals surface area contributed by atoms with Crippen molar-refractivity contribution < 1.29 is 18.3 Å². The van der Waals surface area contributed by atoms with Crippen molar-refractivity contribution in [2.45, 2.75) is 26.3 Å². The molecule has 0 atom stereocenters. The van der Waals surface area contributed by atoms with Crippen molar-refractivity contribution in [3.8, 4) is 0 Å². The van der Waals surface area contributed by atoms with Crippen LogP contribution in [-0.4, -0.2) is 17.6 Å². The van der Waals surface area contributed by atoms with Gasteiger partial charge in [-0.05, 0) is 40.6 Å². The van der Waals surface area contributed by atoms with Crippen LogP contribution in [0.15, 0.2) is 6.20 Å². The number of halogens is 3. The molecule has 2 N–H and O–H groups in total. The number of pyridine rings is 1. The van der Waals surface area contributed by atoms with Crippen LogP contribution < -0.4 is 5.73 Å². The second kappa shape index (κ2) is 6.93. The van der Waals surface area contributed by atoms with Gasteiger partial charge in [-0.2, -0.15) is 0 Å². The predicted octanol–water partition coefficient (Wildman–Crippen LogP) is 2.19. The van der Waals surface area contributed by atoms with E-state index in [0.717, 1.165) is 0 Å². The van der Waals surface area contributed by atoms with E-state index in [1.165, 1.54) is 6.20 Å². The number of carbonyl (C=O) groups excluding carboxylic acids is 1. The average Bonchev–Trinajstić information content (AvgIpc) is 2.31. The van der Waals surface area contributed by atoms with E-state index in [1.54, 1.807) is 6.92 Å². The van der Waals surface area contributed by atoms with Gasteiger partial charge in [0, 0.05) is 16.3 Å². The largest absolute Gasteiger partial charge is 0.466 e. The lowest BCUT2D eigenvalue weighted by Gasteiger charge is -2.13. The Labute approximate surface area is 117 Å². The molecule has 0 amide bonds. The Balaban J connectivity index is 3.15. The van der Waals surface area contributed by atoms with Crippen molar-refractivity contribution in [2.75, 3.05) is 6.61 Å². The number of ether oxygens (including phenoxy) is 1. The van der Waals surface area contributed by atoms with Crippen molar-refractivity contribution in [1.82, 2.24) is 4.98 Å². The third-order valence-corrected chi connectivity index (χ3v) is 3.25. The van der Waals surface area contributed by atoms with Crippen LogP contribution in [0.3, 0.4) is 0 Å². The molecule has 7 heteroatoms. The van der Waals surface area contributed by atoms with Crippen LogP contribution in [0.2, 0.25) is 0 Å². The Hall–Kier alpha value is -0.830. The highest BCUT2D eigenvalue weighted by molar-refractivity contribution is 14.1. The normalized spacial score (nSPS) is 10.8. The van der Waals surface area contributed by atoms with E-state index in [1.807, 2.05) is 22.6 Å². The van der Waals surface area contributed by atoms with E-state index >= 15 is 0 Å². The molecule has 0 aliphatic carbocycles. The van der Waals surface area contributed by atoms with E-state index in [4.69, 9.17) is 10.5 Å². The second-order valence-electron chi connectivity index (χ2n) is 3.44. The summed E-state index contributed by atoms with van der Waals surface area (Å²) in [5.41, 5.74) is 5.82. The summed E-state index contributed by atoms with van der Waals surface area (Å²) in [7, 11) is 0. The minimum atomic E-state index is -2.71. The second-order valence-corrected chi connectivity index (χ2v) is 4.60. The molecule has 4 nitrogen and oxygen atoms in total. The van der Waals surface area contributed by atoms with E-state index in [0.29, 0.717) is 9.13 Å². The first-order valence-corrected chi connectivity index (χ1v) is 6.39. The van der Waals surface area contributed by atoms with Crippen molar-refractivity contribution in [2.24, 2.45) is 5.73 Å². The molecule has 0 aromatic carbocycles. The number of aromatic nitrogens is 1. The fourth-order valence-electron chi connectivity index (χ4n) is 1.54. The zero-order valence-electron chi connectivity index (χ0n) is 9.75. The van der Waals surface area contributed by atoms with Crippen LogP contribution in [0.4, 0.5) is 8.78 Å². The van der Waals surface area contributed by atoms with Crippen LogP contribution >= 0.6 is 22.6 Å². The van der Waals surface area contributed by atoms with Gasteiger partial charge in [0.1, 0.15) is 5.69 Å². The zero-order chi connectivity index (χ0) is 13.7. The van der Waals surface area contributed by atoms with Gasteiger partial charge in [-0.3, -0.25) is 9.78 Å². The molecule has 0 fully saturated rings. The van der Waals surface area contributed by atoms with Gasteiger partial charge < -0.3 is 10.5 Å². The molecule has 0 bridgehead atoms. The summed E-state index contributed by atoms with van der Waals surface area (Å²) in [5.74, 6) is -0.462. The quantitative estimate of drug-likeness (QED) is 0.638. The van der Waals surface area contributed by atoms with Gasteiger partial charge in [-0.15, -0.1) is 0 Å². The Kier molecular flexibility index (Phi) is 5.86. The molecule has 0 unspecified atom stereocenters. The Morgan fingerprint density at radius 1 is 1.56 bits per heavy atom. The molecule has 18 heavy (non-hydrogen) atoms. The molecular formula is C11H13F2IN2O2. The number of alkyl halides is 2. The highest BCUT2D eigenvalue weighted by Gasteiger charge is 2.21. The number of hydrogen-bond acceptors (Lipinski definition) is 4. The van der Waals surface area contributed by atoms with Gasteiger partial charge >= 0.3 is 5.97 Å². The maximum atomic E-state index is 12.8. The van der Waals surface area contributed by atoms with Crippen LogP contribution in [-0.2, 0) is 22.5 Å². The molecule has 100 valence electrons. The number of nitrogens with zero attached hydrogens (tertiary/aromatic N) is 1. The number of carbonyl (C=O) groups is 1. The first kappa shape index (κ1) is 15.2. The molecule has 0 saturated heterocycles. The lowest BCUT2D eigenvalue weighted by Crippen LogP contribution is -2.15. The van der Waals surface area contributed by atoms with Gasteiger partial charge in [0.05, 0.1) is 13.0 Å². The zero-order valence-corrected chi connectivity index (χ0v) is 11.9.